The van der Waals surface area contributed by atoms with Crippen molar-refractivity contribution in [1.82, 2.24) is 0 Å². The van der Waals surface area contributed by atoms with E-state index in [9.17, 15) is 4.39 Å². The molecular weight excluding hydrogens is 190 g/mol. The standard InChI is InChI=1S/C8H10BFO4/c1-13-7-4-8(14-2)6(10)3-5(7)9(11)12/h3-4,11-12H,1-2H3. The van der Waals surface area contributed by atoms with E-state index < -0.39 is 12.9 Å². The van der Waals surface area contributed by atoms with Crippen LogP contribution in [-0.2, 0) is 0 Å². The van der Waals surface area contributed by atoms with Gasteiger partial charge in [0.05, 0.1) is 14.2 Å². The van der Waals surface area contributed by atoms with E-state index in [0.29, 0.717) is 0 Å². The van der Waals surface area contributed by atoms with Crippen molar-refractivity contribution in [3.63, 3.8) is 0 Å². The predicted octanol–water partition coefficient (Wildman–Crippen LogP) is -0.477. The summed E-state index contributed by atoms with van der Waals surface area (Å²) in [5.41, 5.74) is -0.0363. The Hall–Kier alpha value is -1.27. The molecule has 0 unspecified atom stereocenters. The second kappa shape index (κ2) is 4.30. The van der Waals surface area contributed by atoms with Gasteiger partial charge in [-0.05, 0) is 6.07 Å². The first-order valence-corrected chi connectivity index (χ1v) is 3.87. The van der Waals surface area contributed by atoms with E-state index in [2.05, 4.69) is 0 Å². The number of rotatable bonds is 3. The zero-order valence-electron chi connectivity index (χ0n) is 7.82. The van der Waals surface area contributed by atoms with Crippen LogP contribution in [0.25, 0.3) is 0 Å². The summed E-state index contributed by atoms with van der Waals surface area (Å²) >= 11 is 0. The maximum atomic E-state index is 13.1. The molecule has 0 bridgehead atoms. The molecule has 0 aliphatic rings. The molecule has 76 valence electrons. The minimum Gasteiger partial charge on any atom is -0.497 e. The number of methoxy groups -OCH3 is 2. The van der Waals surface area contributed by atoms with Crippen molar-refractivity contribution in [3.05, 3.63) is 17.9 Å². The van der Waals surface area contributed by atoms with E-state index in [0.717, 1.165) is 6.07 Å². The quantitative estimate of drug-likeness (QED) is 0.647. The first-order valence-electron chi connectivity index (χ1n) is 3.87. The summed E-state index contributed by atoms with van der Waals surface area (Å²) in [5.74, 6) is -0.513. The molecule has 0 saturated heterocycles. The Kier molecular flexibility index (Phi) is 3.32. The van der Waals surface area contributed by atoms with Gasteiger partial charge in [0.25, 0.3) is 0 Å². The molecular formula is C8H10BFO4. The minimum absolute atomic E-state index is 0.00810. The SMILES string of the molecule is COc1cc(OC)c(B(O)O)cc1F. The largest absolute Gasteiger partial charge is 0.497 e. The number of halogens is 1. The van der Waals surface area contributed by atoms with Gasteiger partial charge in [0, 0.05) is 11.5 Å². The van der Waals surface area contributed by atoms with Gasteiger partial charge in [-0.1, -0.05) is 0 Å². The molecule has 0 aromatic heterocycles. The van der Waals surface area contributed by atoms with Crippen molar-refractivity contribution < 1.29 is 23.9 Å². The van der Waals surface area contributed by atoms with E-state index in [1.165, 1.54) is 20.3 Å². The van der Waals surface area contributed by atoms with Crippen LogP contribution in [0.15, 0.2) is 12.1 Å². The van der Waals surface area contributed by atoms with Gasteiger partial charge in [-0.3, -0.25) is 0 Å². The van der Waals surface area contributed by atoms with Crippen molar-refractivity contribution in [3.8, 4) is 11.5 Å². The zero-order chi connectivity index (χ0) is 10.7. The molecule has 2 N–H and O–H groups in total. The third-order valence-electron chi connectivity index (χ3n) is 1.78. The van der Waals surface area contributed by atoms with E-state index in [-0.39, 0.29) is 17.0 Å². The lowest BCUT2D eigenvalue weighted by atomic mass is 9.79. The lowest BCUT2D eigenvalue weighted by Crippen LogP contribution is -2.31. The zero-order valence-corrected chi connectivity index (χ0v) is 7.82. The average molecular weight is 200 g/mol. The van der Waals surface area contributed by atoms with Gasteiger partial charge in [-0.15, -0.1) is 0 Å². The monoisotopic (exact) mass is 200 g/mol. The molecule has 0 spiro atoms. The van der Waals surface area contributed by atoms with E-state index >= 15 is 0 Å². The molecule has 0 aliphatic carbocycles. The highest BCUT2D eigenvalue weighted by Gasteiger charge is 2.20. The van der Waals surface area contributed by atoms with Gasteiger partial charge in [0.15, 0.2) is 11.6 Å². The summed E-state index contributed by atoms with van der Waals surface area (Å²) in [4.78, 5) is 0. The molecule has 4 nitrogen and oxygen atoms in total. The molecule has 14 heavy (non-hydrogen) atoms. The molecule has 0 fully saturated rings. The summed E-state index contributed by atoms with van der Waals surface area (Å²) in [6.07, 6.45) is 0. The highest BCUT2D eigenvalue weighted by Crippen LogP contribution is 2.21. The first kappa shape index (κ1) is 10.8. The summed E-state index contributed by atoms with van der Waals surface area (Å²) in [7, 11) is 0.885. The molecule has 1 rings (SSSR count). The Balaban J connectivity index is 3.24. The van der Waals surface area contributed by atoms with E-state index in [4.69, 9.17) is 19.5 Å². The molecule has 0 heterocycles. The maximum Gasteiger partial charge on any atom is 0.492 e. The number of benzene rings is 1. The number of hydrogen-bond acceptors (Lipinski definition) is 4. The lowest BCUT2D eigenvalue weighted by molar-refractivity contribution is 0.372. The predicted molar refractivity (Wildman–Crippen MR) is 49.3 cm³/mol. The third-order valence-corrected chi connectivity index (χ3v) is 1.78. The second-order valence-corrected chi connectivity index (χ2v) is 2.60. The fourth-order valence-electron chi connectivity index (χ4n) is 1.09. The summed E-state index contributed by atoms with van der Waals surface area (Å²) < 4.78 is 22.7. The van der Waals surface area contributed by atoms with Crippen LogP contribution in [0.2, 0.25) is 0 Å². The first-order chi connectivity index (χ1) is 6.60. The minimum atomic E-state index is -1.77. The van der Waals surface area contributed by atoms with Gasteiger partial charge in [-0.2, -0.15) is 0 Å². The second-order valence-electron chi connectivity index (χ2n) is 2.60. The van der Waals surface area contributed by atoms with Gasteiger partial charge in [0.1, 0.15) is 5.75 Å². The highest BCUT2D eigenvalue weighted by molar-refractivity contribution is 6.59. The van der Waals surface area contributed by atoms with Gasteiger partial charge < -0.3 is 19.5 Å². The Morgan fingerprint density at radius 2 is 1.71 bits per heavy atom. The molecule has 0 saturated carbocycles. The normalized spacial score (nSPS) is 9.79. The Bertz CT molecular complexity index is 329. The Labute approximate surface area is 81.0 Å². The van der Waals surface area contributed by atoms with Crippen molar-refractivity contribution in [2.24, 2.45) is 0 Å². The van der Waals surface area contributed by atoms with Gasteiger partial charge >= 0.3 is 7.12 Å². The molecule has 1 aromatic carbocycles. The average Bonchev–Trinajstić information content (AvgIpc) is 2.17. The lowest BCUT2D eigenvalue weighted by Gasteiger charge is -2.10. The van der Waals surface area contributed by atoms with Crippen LogP contribution in [0.1, 0.15) is 0 Å². The van der Waals surface area contributed by atoms with Crippen molar-refractivity contribution >= 4 is 12.6 Å². The van der Waals surface area contributed by atoms with Crippen LogP contribution in [0.5, 0.6) is 11.5 Å². The fourth-order valence-corrected chi connectivity index (χ4v) is 1.09. The summed E-state index contributed by atoms with van der Waals surface area (Å²) in [6.45, 7) is 0. The third kappa shape index (κ3) is 1.97. The summed E-state index contributed by atoms with van der Waals surface area (Å²) in [5, 5.41) is 17.8. The number of ether oxygens (including phenoxy) is 2. The topological polar surface area (TPSA) is 58.9 Å². The molecule has 0 atom stereocenters. The maximum absolute atomic E-state index is 13.1. The van der Waals surface area contributed by atoms with Crippen LogP contribution >= 0.6 is 0 Å². The molecule has 0 amide bonds. The Morgan fingerprint density at radius 3 is 2.14 bits per heavy atom. The van der Waals surface area contributed by atoms with Crippen LogP contribution in [0.4, 0.5) is 4.39 Å². The summed E-state index contributed by atoms with van der Waals surface area (Å²) in [6, 6.07) is 2.21. The highest BCUT2D eigenvalue weighted by atomic mass is 19.1. The van der Waals surface area contributed by atoms with Crippen LogP contribution in [0.3, 0.4) is 0 Å². The fraction of sp³-hybridized carbons (Fsp3) is 0.250. The van der Waals surface area contributed by atoms with Crippen LogP contribution < -0.4 is 14.9 Å². The van der Waals surface area contributed by atoms with Crippen molar-refractivity contribution in [1.29, 1.82) is 0 Å². The molecule has 6 heteroatoms. The molecule has 0 radical (unpaired) electrons. The molecule has 1 aromatic rings. The smallest absolute Gasteiger partial charge is 0.492 e. The van der Waals surface area contributed by atoms with E-state index in [1.807, 2.05) is 0 Å². The van der Waals surface area contributed by atoms with Crippen LogP contribution in [0, 0.1) is 5.82 Å². The van der Waals surface area contributed by atoms with Gasteiger partial charge in [0.2, 0.25) is 0 Å². The van der Waals surface area contributed by atoms with Crippen LogP contribution in [-0.4, -0.2) is 31.4 Å². The molecule has 0 aliphatic heterocycles. The Morgan fingerprint density at radius 1 is 1.14 bits per heavy atom. The van der Waals surface area contributed by atoms with Gasteiger partial charge in [-0.25, -0.2) is 4.39 Å². The van der Waals surface area contributed by atoms with Crippen molar-refractivity contribution in [2.45, 2.75) is 0 Å². The van der Waals surface area contributed by atoms with E-state index in [1.54, 1.807) is 0 Å². The van der Waals surface area contributed by atoms with Crippen molar-refractivity contribution in [2.75, 3.05) is 14.2 Å². The number of hydrogen-bond donors (Lipinski definition) is 2.